The molecule has 0 radical (unpaired) electrons. The Hall–Kier alpha value is -2.38. The molecule has 0 unspecified atom stereocenters. The maximum atomic E-state index is 12.1. The number of hydrogen-bond acceptors (Lipinski definition) is 4. The molecule has 2 aromatic heterocycles. The molecule has 114 valence electrons. The molecule has 0 bridgehead atoms. The van der Waals surface area contributed by atoms with E-state index in [4.69, 9.17) is 0 Å². The molecule has 2 aromatic rings. The van der Waals surface area contributed by atoms with Crippen LogP contribution in [0.5, 0.6) is 0 Å². The Morgan fingerprint density at radius 3 is 2.86 bits per heavy atom. The molecular weight excluding hydrogens is 272 g/mol. The maximum absolute atomic E-state index is 12.1. The minimum atomic E-state index is -0.260. The second-order valence-electron chi connectivity index (χ2n) is 4.99. The molecule has 1 amide bonds. The number of amides is 1. The molecular formula is C13H20N6O2. The minimum Gasteiger partial charge on any atom is -0.346 e. The lowest BCUT2D eigenvalue weighted by molar-refractivity contribution is -0.121. The molecule has 0 fully saturated rings. The van der Waals surface area contributed by atoms with Gasteiger partial charge in [0.25, 0.3) is 5.56 Å². The van der Waals surface area contributed by atoms with E-state index in [2.05, 4.69) is 32.5 Å². The number of carbonyl (C=O) groups is 1. The van der Waals surface area contributed by atoms with E-state index in [1.807, 2.05) is 6.92 Å². The van der Waals surface area contributed by atoms with Crippen molar-refractivity contribution in [1.29, 1.82) is 0 Å². The standard InChI is InChI=1S/C13H20N6O2/c1-4-5-19-12(14-7-15-19)9(3)16-11(20)6-10-8(2)17-18-13(10)21/h7,9H,4-6H2,1-3H3,(H,16,20)(H2,17,18,21)/t9-/m1/s1. The molecule has 8 heteroatoms. The summed E-state index contributed by atoms with van der Waals surface area (Å²) in [5.74, 6) is 0.492. The molecule has 0 saturated heterocycles. The van der Waals surface area contributed by atoms with Crippen LogP contribution in [-0.2, 0) is 17.8 Å². The highest BCUT2D eigenvalue weighted by Gasteiger charge is 2.17. The minimum absolute atomic E-state index is 0.0386. The van der Waals surface area contributed by atoms with Crippen molar-refractivity contribution >= 4 is 5.91 Å². The Bertz CT molecular complexity index is 668. The second kappa shape index (κ2) is 6.38. The molecule has 3 N–H and O–H groups in total. The summed E-state index contributed by atoms with van der Waals surface area (Å²) in [4.78, 5) is 27.8. The third-order valence-electron chi connectivity index (χ3n) is 3.27. The van der Waals surface area contributed by atoms with Gasteiger partial charge in [-0.25, -0.2) is 9.67 Å². The Balaban J connectivity index is 2.02. The summed E-state index contributed by atoms with van der Waals surface area (Å²) in [6.45, 7) is 6.41. The smallest absolute Gasteiger partial charge is 0.267 e. The van der Waals surface area contributed by atoms with Crippen molar-refractivity contribution in [3.63, 3.8) is 0 Å². The van der Waals surface area contributed by atoms with Gasteiger partial charge in [-0.1, -0.05) is 6.92 Å². The van der Waals surface area contributed by atoms with Crippen molar-refractivity contribution in [3.05, 3.63) is 33.8 Å². The first-order valence-corrected chi connectivity index (χ1v) is 6.96. The van der Waals surface area contributed by atoms with Crippen LogP contribution in [0.2, 0.25) is 0 Å². The zero-order valence-corrected chi connectivity index (χ0v) is 12.4. The fourth-order valence-electron chi connectivity index (χ4n) is 2.19. The van der Waals surface area contributed by atoms with Crippen LogP contribution in [0, 0.1) is 6.92 Å². The normalized spacial score (nSPS) is 12.3. The van der Waals surface area contributed by atoms with E-state index in [0.29, 0.717) is 17.1 Å². The maximum Gasteiger partial charge on any atom is 0.267 e. The van der Waals surface area contributed by atoms with Gasteiger partial charge in [0.2, 0.25) is 5.91 Å². The van der Waals surface area contributed by atoms with Crippen molar-refractivity contribution in [2.24, 2.45) is 0 Å². The number of hydrogen-bond donors (Lipinski definition) is 3. The van der Waals surface area contributed by atoms with Crippen LogP contribution in [-0.4, -0.2) is 30.9 Å². The number of nitrogens with zero attached hydrogens (tertiary/aromatic N) is 3. The largest absolute Gasteiger partial charge is 0.346 e. The zero-order chi connectivity index (χ0) is 15.4. The Morgan fingerprint density at radius 2 is 2.24 bits per heavy atom. The predicted molar refractivity (Wildman–Crippen MR) is 76.7 cm³/mol. The van der Waals surface area contributed by atoms with E-state index in [1.54, 1.807) is 11.6 Å². The van der Waals surface area contributed by atoms with Gasteiger partial charge in [0.1, 0.15) is 12.2 Å². The molecule has 1 atom stereocenters. The van der Waals surface area contributed by atoms with Gasteiger partial charge >= 0.3 is 0 Å². The van der Waals surface area contributed by atoms with E-state index >= 15 is 0 Å². The summed E-state index contributed by atoms with van der Waals surface area (Å²) >= 11 is 0. The van der Waals surface area contributed by atoms with E-state index in [9.17, 15) is 9.59 Å². The number of nitrogens with one attached hydrogen (secondary N) is 3. The van der Waals surface area contributed by atoms with E-state index in [-0.39, 0.29) is 23.9 Å². The highest BCUT2D eigenvalue weighted by Crippen LogP contribution is 2.09. The number of aromatic nitrogens is 5. The number of rotatable bonds is 6. The summed E-state index contributed by atoms with van der Waals surface area (Å²) in [7, 11) is 0. The van der Waals surface area contributed by atoms with Crippen molar-refractivity contribution in [1.82, 2.24) is 30.3 Å². The van der Waals surface area contributed by atoms with Crippen molar-refractivity contribution < 1.29 is 4.79 Å². The highest BCUT2D eigenvalue weighted by atomic mass is 16.2. The second-order valence-corrected chi connectivity index (χ2v) is 4.99. The van der Waals surface area contributed by atoms with Crippen molar-refractivity contribution in [2.75, 3.05) is 0 Å². The van der Waals surface area contributed by atoms with Gasteiger partial charge in [-0.15, -0.1) is 0 Å². The molecule has 0 aliphatic heterocycles. The molecule has 0 spiro atoms. The molecule has 21 heavy (non-hydrogen) atoms. The van der Waals surface area contributed by atoms with Crippen LogP contribution >= 0.6 is 0 Å². The van der Waals surface area contributed by atoms with Crippen LogP contribution < -0.4 is 10.9 Å². The fourth-order valence-corrected chi connectivity index (χ4v) is 2.19. The summed E-state index contributed by atoms with van der Waals surface area (Å²) < 4.78 is 1.78. The van der Waals surface area contributed by atoms with Gasteiger partial charge in [0.05, 0.1) is 12.5 Å². The molecule has 0 saturated carbocycles. The zero-order valence-electron chi connectivity index (χ0n) is 12.4. The van der Waals surface area contributed by atoms with Gasteiger partial charge < -0.3 is 10.4 Å². The van der Waals surface area contributed by atoms with Gasteiger partial charge in [-0.2, -0.15) is 5.10 Å². The molecule has 8 nitrogen and oxygen atoms in total. The van der Waals surface area contributed by atoms with E-state index in [0.717, 1.165) is 13.0 Å². The number of aromatic amines is 2. The predicted octanol–water partition coefficient (Wildman–Crippen LogP) is 0.433. The van der Waals surface area contributed by atoms with E-state index in [1.165, 1.54) is 6.33 Å². The Kier molecular flexibility index (Phi) is 4.56. The van der Waals surface area contributed by atoms with Crippen molar-refractivity contribution in [3.8, 4) is 0 Å². The topological polar surface area (TPSA) is 108 Å². The summed E-state index contributed by atoms with van der Waals surface area (Å²) in [5.41, 5.74) is 0.871. The lowest BCUT2D eigenvalue weighted by atomic mass is 10.1. The molecule has 0 aliphatic rings. The Labute approximate surface area is 122 Å². The van der Waals surface area contributed by atoms with E-state index < -0.39 is 0 Å². The summed E-state index contributed by atoms with van der Waals surface area (Å²) in [6.07, 6.45) is 2.46. The van der Waals surface area contributed by atoms with Gasteiger partial charge in [0.15, 0.2) is 0 Å². The van der Waals surface area contributed by atoms with Gasteiger partial charge in [0, 0.05) is 17.8 Å². The highest BCUT2D eigenvalue weighted by molar-refractivity contribution is 5.79. The number of aryl methyl sites for hydroxylation is 2. The van der Waals surface area contributed by atoms with Crippen LogP contribution in [0.4, 0.5) is 0 Å². The third kappa shape index (κ3) is 3.39. The number of carbonyl (C=O) groups excluding carboxylic acids is 1. The van der Waals surface area contributed by atoms with Crippen LogP contribution in [0.25, 0.3) is 0 Å². The van der Waals surface area contributed by atoms with Crippen molar-refractivity contribution in [2.45, 2.75) is 46.2 Å². The first-order chi connectivity index (χ1) is 10.0. The van der Waals surface area contributed by atoms with Gasteiger partial charge in [-0.05, 0) is 20.3 Å². The number of H-pyrrole nitrogens is 2. The van der Waals surface area contributed by atoms with Crippen LogP contribution in [0.3, 0.4) is 0 Å². The quantitative estimate of drug-likeness (QED) is 0.717. The average molecular weight is 292 g/mol. The van der Waals surface area contributed by atoms with Crippen LogP contribution in [0.15, 0.2) is 11.1 Å². The third-order valence-corrected chi connectivity index (χ3v) is 3.27. The first-order valence-electron chi connectivity index (χ1n) is 6.96. The first kappa shape index (κ1) is 15.0. The molecule has 2 rings (SSSR count). The summed E-state index contributed by atoms with van der Waals surface area (Å²) in [6, 6.07) is -0.259. The Morgan fingerprint density at radius 1 is 1.48 bits per heavy atom. The van der Waals surface area contributed by atoms with Crippen LogP contribution in [0.1, 0.15) is 43.4 Å². The molecule has 2 heterocycles. The summed E-state index contributed by atoms with van der Waals surface area (Å²) in [5, 5.41) is 12.1. The molecule has 0 aromatic carbocycles. The fraction of sp³-hybridized carbons (Fsp3) is 0.538. The van der Waals surface area contributed by atoms with Gasteiger partial charge in [-0.3, -0.25) is 14.7 Å². The molecule has 0 aliphatic carbocycles. The monoisotopic (exact) mass is 292 g/mol. The average Bonchev–Trinajstić information content (AvgIpc) is 3.01. The lowest BCUT2D eigenvalue weighted by Crippen LogP contribution is -2.31. The SMILES string of the molecule is CCCn1ncnc1[C@@H](C)NC(=O)Cc1c(C)[nH][nH]c1=O. The lowest BCUT2D eigenvalue weighted by Gasteiger charge is -2.14.